The molecule has 0 amide bonds. The first-order valence-electron chi connectivity index (χ1n) is 9.00. The predicted molar refractivity (Wildman–Crippen MR) is 99.6 cm³/mol. The van der Waals surface area contributed by atoms with Gasteiger partial charge in [0.05, 0.1) is 10.9 Å². The molecule has 2 N–H and O–H groups in total. The van der Waals surface area contributed by atoms with Crippen molar-refractivity contribution in [1.82, 2.24) is 9.88 Å². The van der Waals surface area contributed by atoms with E-state index in [1.165, 1.54) is 4.57 Å². The Bertz CT molecular complexity index is 958. The Morgan fingerprint density at radius 3 is 2.74 bits per heavy atom. The highest BCUT2D eigenvalue weighted by Gasteiger charge is 2.31. The van der Waals surface area contributed by atoms with Crippen molar-refractivity contribution >= 4 is 22.6 Å². The number of anilines is 1. The van der Waals surface area contributed by atoms with E-state index >= 15 is 4.39 Å². The lowest BCUT2D eigenvalue weighted by Gasteiger charge is -2.23. The molecule has 8 heteroatoms. The third-order valence-electron chi connectivity index (χ3n) is 5.50. The number of carbonyl (C=O) groups is 1. The zero-order chi connectivity index (χ0) is 19.9. The number of hydrogen-bond donors (Lipinski definition) is 2. The summed E-state index contributed by atoms with van der Waals surface area (Å²) in [7, 11) is 1.85. The Balaban J connectivity index is 2.18. The lowest BCUT2D eigenvalue weighted by Crippen LogP contribution is -2.33. The monoisotopic (exact) mass is 379 g/mol. The quantitative estimate of drug-likeness (QED) is 0.835. The highest BCUT2D eigenvalue weighted by atomic mass is 19.1. The molecule has 0 bridgehead atoms. The molecule has 0 spiro atoms. The fourth-order valence-corrected chi connectivity index (χ4v) is 3.80. The highest BCUT2D eigenvalue weighted by Crippen LogP contribution is 2.34. The van der Waals surface area contributed by atoms with Gasteiger partial charge in [-0.3, -0.25) is 4.79 Å². The summed E-state index contributed by atoms with van der Waals surface area (Å²) >= 11 is 0. The van der Waals surface area contributed by atoms with Gasteiger partial charge in [-0.05, 0) is 39.3 Å². The molecule has 6 nitrogen and oxygen atoms in total. The van der Waals surface area contributed by atoms with Crippen LogP contribution in [0.25, 0.3) is 10.9 Å². The summed E-state index contributed by atoms with van der Waals surface area (Å²) < 4.78 is 31.5. The van der Waals surface area contributed by atoms with Crippen molar-refractivity contribution in [2.45, 2.75) is 32.9 Å². The van der Waals surface area contributed by atoms with Crippen LogP contribution in [-0.4, -0.2) is 41.8 Å². The number of benzene rings is 1. The number of carboxylic acid groups (broad SMARTS) is 1. The average Bonchev–Trinajstić information content (AvgIpc) is 3.11. The van der Waals surface area contributed by atoms with Crippen LogP contribution in [0, 0.1) is 17.6 Å². The van der Waals surface area contributed by atoms with E-state index in [4.69, 9.17) is 0 Å². The SMILES string of the molecule is CCn1cc(C(=O)O)c(=O)c2cc(F)c(N3CC[C@@H]([C@H](C)NC)C3)c(F)c21. The molecule has 1 aromatic carbocycles. The van der Waals surface area contributed by atoms with E-state index < -0.39 is 28.6 Å². The molecule has 146 valence electrons. The van der Waals surface area contributed by atoms with Gasteiger partial charge in [0.15, 0.2) is 5.82 Å². The third-order valence-corrected chi connectivity index (χ3v) is 5.50. The number of aromatic carboxylic acids is 1. The average molecular weight is 379 g/mol. The first kappa shape index (κ1) is 19.3. The molecule has 2 aromatic rings. The van der Waals surface area contributed by atoms with E-state index in [1.807, 2.05) is 14.0 Å². The summed E-state index contributed by atoms with van der Waals surface area (Å²) in [5.74, 6) is -2.83. The summed E-state index contributed by atoms with van der Waals surface area (Å²) in [5.41, 5.74) is -1.60. The number of hydrogen-bond acceptors (Lipinski definition) is 4. The van der Waals surface area contributed by atoms with E-state index in [-0.39, 0.29) is 35.1 Å². The Morgan fingerprint density at radius 1 is 1.44 bits per heavy atom. The van der Waals surface area contributed by atoms with Gasteiger partial charge < -0.3 is 19.9 Å². The molecule has 27 heavy (non-hydrogen) atoms. The molecule has 0 saturated carbocycles. The predicted octanol–water partition coefficient (Wildman–Crippen LogP) is 2.43. The number of fused-ring (bicyclic) bond motifs is 1. The lowest BCUT2D eigenvalue weighted by atomic mass is 10.0. The number of nitrogens with one attached hydrogen (secondary N) is 1. The zero-order valence-electron chi connectivity index (χ0n) is 15.6. The van der Waals surface area contributed by atoms with Gasteiger partial charge in [0.1, 0.15) is 17.1 Å². The van der Waals surface area contributed by atoms with Crippen LogP contribution in [0.5, 0.6) is 0 Å². The molecule has 0 unspecified atom stereocenters. The normalized spacial score (nSPS) is 18.3. The molecule has 1 saturated heterocycles. The Labute approximate surface area is 155 Å². The summed E-state index contributed by atoms with van der Waals surface area (Å²) in [6.07, 6.45) is 1.92. The van der Waals surface area contributed by atoms with Crippen LogP contribution in [0.1, 0.15) is 30.6 Å². The molecule has 2 atom stereocenters. The van der Waals surface area contributed by atoms with Crippen LogP contribution in [0.15, 0.2) is 17.1 Å². The van der Waals surface area contributed by atoms with Crippen LogP contribution in [0.3, 0.4) is 0 Å². The molecule has 1 aromatic heterocycles. The second-order valence-corrected chi connectivity index (χ2v) is 6.95. The molecule has 3 rings (SSSR count). The van der Waals surface area contributed by atoms with Gasteiger partial charge in [-0.1, -0.05) is 0 Å². The van der Waals surface area contributed by atoms with Gasteiger partial charge in [-0.25, -0.2) is 13.6 Å². The van der Waals surface area contributed by atoms with Gasteiger partial charge in [0.2, 0.25) is 5.43 Å². The molecule has 1 aliphatic heterocycles. The maximum absolute atomic E-state index is 15.3. The summed E-state index contributed by atoms with van der Waals surface area (Å²) in [4.78, 5) is 25.4. The van der Waals surface area contributed by atoms with Crippen LogP contribution < -0.4 is 15.6 Å². The first-order chi connectivity index (χ1) is 12.8. The molecular formula is C19H23F2N3O3. The van der Waals surface area contributed by atoms with Crippen LogP contribution in [0.4, 0.5) is 14.5 Å². The fraction of sp³-hybridized carbons (Fsp3) is 0.474. The van der Waals surface area contributed by atoms with Crippen LogP contribution >= 0.6 is 0 Å². The van der Waals surface area contributed by atoms with E-state index in [0.29, 0.717) is 13.1 Å². The fourth-order valence-electron chi connectivity index (χ4n) is 3.80. The number of nitrogens with zero attached hydrogens (tertiary/aromatic N) is 2. The highest BCUT2D eigenvalue weighted by molar-refractivity contribution is 5.93. The zero-order valence-corrected chi connectivity index (χ0v) is 15.6. The van der Waals surface area contributed by atoms with Crippen molar-refractivity contribution in [3.8, 4) is 0 Å². The van der Waals surface area contributed by atoms with Crippen molar-refractivity contribution in [1.29, 1.82) is 0 Å². The first-order valence-corrected chi connectivity index (χ1v) is 9.00. The van der Waals surface area contributed by atoms with Gasteiger partial charge >= 0.3 is 5.97 Å². The Kier molecular flexibility index (Phi) is 5.19. The van der Waals surface area contributed by atoms with Gasteiger partial charge in [0.25, 0.3) is 0 Å². The van der Waals surface area contributed by atoms with E-state index in [1.54, 1.807) is 11.8 Å². The number of halogens is 2. The molecule has 0 aliphatic carbocycles. The molecule has 1 fully saturated rings. The van der Waals surface area contributed by atoms with Crippen molar-refractivity contribution in [2.75, 3.05) is 25.0 Å². The van der Waals surface area contributed by atoms with Gasteiger partial charge in [-0.15, -0.1) is 0 Å². The third kappa shape index (κ3) is 3.18. The maximum Gasteiger partial charge on any atom is 0.341 e. The minimum Gasteiger partial charge on any atom is -0.477 e. The number of aromatic nitrogens is 1. The molecule has 2 heterocycles. The summed E-state index contributed by atoms with van der Waals surface area (Å²) in [5, 5.41) is 12.1. The molecule has 1 aliphatic rings. The maximum atomic E-state index is 15.3. The van der Waals surface area contributed by atoms with Crippen molar-refractivity contribution < 1.29 is 18.7 Å². The van der Waals surface area contributed by atoms with E-state index in [0.717, 1.165) is 18.7 Å². The largest absolute Gasteiger partial charge is 0.477 e. The number of pyridine rings is 1. The summed E-state index contributed by atoms with van der Waals surface area (Å²) in [6.45, 7) is 5.00. The number of aryl methyl sites for hydroxylation is 1. The van der Waals surface area contributed by atoms with Gasteiger partial charge in [0, 0.05) is 31.9 Å². The topological polar surface area (TPSA) is 74.6 Å². The molecular weight excluding hydrogens is 356 g/mol. The van der Waals surface area contributed by atoms with Crippen molar-refractivity contribution in [2.24, 2.45) is 5.92 Å². The van der Waals surface area contributed by atoms with Gasteiger partial charge in [-0.2, -0.15) is 0 Å². The minimum absolute atomic E-state index is 0.0611. The lowest BCUT2D eigenvalue weighted by molar-refractivity contribution is 0.0695. The molecule has 0 radical (unpaired) electrons. The van der Waals surface area contributed by atoms with E-state index in [2.05, 4.69) is 5.32 Å². The smallest absolute Gasteiger partial charge is 0.341 e. The Morgan fingerprint density at radius 2 is 2.15 bits per heavy atom. The van der Waals surface area contributed by atoms with Crippen molar-refractivity contribution in [3.05, 3.63) is 39.7 Å². The van der Waals surface area contributed by atoms with Crippen molar-refractivity contribution in [3.63, 3.8) is 0 Å². The van der Waals surface area contributed by atoms with E-state index in [9.17, 15) is 19.1 Å². The minimum atomic E-state index is -1.42. The second kappa shape index (κ2) is 7.26. The number of rotatable bonds is 5. The number of carboxylic acids is 1. The Hall–Kier alpha value is -2.48. The second-order valence-electron chi connectivity index (χ2n) is 6.95. The summed E-state index contributed by atoms with van der Waals surface area (Å²) in [6, 6.07) is 1.18. The van der Waals surface area contributed by atoms with Crippen LogP contribution in [0.2, 0.25) is 0 Å². The van der Waals surface area contributed by atoms with Crippen LogP contribution in [-0.2, 0) is 6.54 Å². The standard InChI is InChI=1S/C19H23F2N3O3/c1-4-23-9-13(19(26)27)18(25)12-7-14(20)17(15(21)16(12)23)24-6-5-11(8-24)10(2)22-3/h7,9-11,22H,4-6,8H2,1-3H3,(H,26,27)/t10-,11+/m0/s1.